The van der Waals surface area contributed by atoms with Crippen molar-refractivity contribution >= 4 is 5.78 Å². The van der Waals surface area contributed by atoms with Crippen molar-refractivity contribution in [2.75, 3.05) is 0 Å². The third kappa shape index (κ3) is 4.15. The molecule has 0 aliphatic rings. The van der Waals surface area contributed by atoms with Crippen molar-refractivity contribution < 1.29 is 26.3 Å². The van der Waals surface area contributed by atoms with Crippen molar-refractivity contribution in [3.63, 3.8) is 0 Å². The number of benzene rings is 2. The summed E-state index contributed by atoms with van der Waals surface area (Å²) in [7, 11) is 0. The highest BCUT2D eigenvalue weighted by atomic mass is 79.9. The zero-order chi connectivity index (χ0) is 16.1. The third-order valence-corrected chi connectivity index (χ3v) is 3.63. The lowest BCUT2D eigenvalue weighted by Gasteiger charge is -2.03. The lowest BCUT2D eigenvalue weighted by molar-refractivity contribution is -0.683. The Morgan fingerprint density at radius 2 is 1.58 bits per heavy atom. The van der Waals surface area contributed by atoms with Crippen LogP contribution >= 0.6 is 0 Å². The van der Waals surface area contributed by atoms with E-state index in [0.717, 1.165) is 11.1 Å². The largest absolute Gasteiger partial charge is 1.00 e. The Labute approximate surface area is 151 Å². The number of halogens is 1. The SMILES string of the molecule is N#Cc1ccc[n+](CC(=O)c2ccc(-c3ccccc3)cc2)c1.[Br-]. The van der Waals surface area contributed by atoms with Gasteiger partial charge in [-0.1, -0.05) is 54.6 Å². The number of nitrogens with zero attached hydrogens (tertiary/aromatic N) is 2. The van der Waals surface area contributed by atoms with Gasteiger partial charge >= 0.3 is 0 Å². The van der Waals surface area contributed by atoms with E-state index in [-0.39, 0.29) is 29.3 Å². The zero-order valence-corrected chi connectivity index (χ0v) is 14.5. The van der Waals surface area contributed by atoms with Gasteiger partial charge in [0.2, 0.25) is 12.3 Å². The van der Waals surface area contributed by atoms with Crippen LogP contribution in [0, 0.1) is 11.3 Å². The standard InChI is InChI=1S/C20H15N2O.BrH/c21-13-16-5-4-12-22(14-16)15-20(23)19-10-8-18(9-11-19)17-6-2-1-3-7-17;/h1-12,14H,15H2;1H/q+1;/p-1. The van der Waals surface area contributed by atoms with Gasteiger partial charge in [0.25, 0.3) is 0 Å². The average Bonchev–Trinajstić information content (AvgIpc) is 2.63. The summed E-state index contributed by atoms with van der Waals surface area (Å²) in [4.78, 5) is 12.4. The highest BCUT2D eigenvalue weighted by Gasteiger charge is 2.12. The van der Waals surface area contributed by atoms with E-state index in [4.69, 9.17) is 5.26 Å². The van der Waals surface area contributed by atoms with Crippen LogP contribution in [0.25, 0.3) is 11.1 Å². The second kappa shape index (κ2) is 8.19. The predicted octanol–water partition coefficient (Wildman–Crippen LogP) is 0.400. The van der Waals surface area contributed by atoms with Crippen LogP contribution in [0.1, 0.15) is 15.9 Å². The van der Waals surface area contributed by atoms with Crippen molar-refractivity contribution in [2.45, 2.75) is 6.54 Å². The molecule has 0 aliphatic carbocycles. The molecule has 0 N–H and O–H groups in total. The Bertz CT molecular complexity index is 868. The Balaban J connectivity index is 0.00000208. The van der Waals surface area contributed by atoms with Gasteiger partial charge in [-0.15, -0.1) is 0 Å². The maximum absolute atomic E-state index is 12.4. The maximum atomic E-state index is 12.4. The molecule has 3 rings (SSSR count). The Morgan fingerprint density at radius 1 is 0.917 bits per heavy atom. The molecule has 0 radical (unpaired) electrons. The molecule has 3 aromatic rings. The quantitative estimate of drug-likeness (QED) is 0.487. The van der Waals surface area contributed by atoms with E-state index in [1.54, 1.807) is 29.1 Å². The van der Waals surface area contributed by atoms with Crippen LogP contribution in [0.15, 0.2) is 79.1 Å². The molecule has 118 valence electrons. The van der Waals surface area contributed by atoms with E-state index in [0.29, 0.717) is 11.1 Å². The van der Waals surface area contributed by atoms with Gasteiger partial charge in [-0.2, -0.15) is 9.83 Å². The number of nitriles is 1. The molecule has 0 spiro atoms. The van der Waals surface area contributed by atoms with Crippen LogP contribution in [0.4, 0.5) is 0 Å². The van der Waals surface area contributed by atoms with Gasteiger partial charge in [0.15, 0.2) is 12.4 Å². The normalized spacial score (nSPS) is 9.62. The summed E-state index contributed by atoms with van der Waals surface area (Å²) in [6.07, 6.45) is 3.47. The van der Waals surface area contributed by atoms with E-state index in [2.05, 4.69) is 6.07 Å². The van der Waals surface area contributed by atoms with E-state index >= 15 is 0 Å². The molecule has 0 saturated heterocycles. The molecule has 0 atom stereocenters. The number of hydrogen-bond donors (Lipinski definition) is 0. The molecule has 2 aromatic carbocycles. The van der Waals surface area contributed by atoms with Crippen molar-refractivity contribution in [3.8, 4) is 17.2 Å². The molecule has 1 aromatic heterocycles. The maximum Gasteiger partial charge on any atom is 0.227 e. The lowest BCUT2D eigenvalue weighted by Crippen LogP contribution is -3.00. The van der Waals surface area contributed by atoms with Crippen molar-refractivity contribution in [1.29, 1.82) is 5.26 Å². The molecule has 24 heavy (non-hydrogen) atoms. The second-order valence-corrected chi connectivity index (χ2v) is 5.24. The van der Waals surface area contributed by atoms with Gasteiger partial charge in [-0.05, 0) is 17.2 Å². The highest BCUT2D eigenvalue weighted by Crippen LogP contribution is 2.19. The van der Waals surface area contributed by atoms with Gasteiger partial charge < -0.3 is 17.0 Å². The fraction of sp³-hybridized carbons (Fsp3) is 0.0500. The van der Waals surface area contributed by atoms with E-state index in [9.17, 15) is 4.79 Å². The molecule has 0 saturated carbocycles. The average molecular weight is 379 g/mol. The van der Waals surface area contributed by atoms with Crippen LogP contribution in [0.5, 0.6) is 0 Å². The molecule has 0 bridgehead atoms. The van der Waals surface area contributed by atoms with E-state index in [1.165, 1.54) is 0 Å². The summed E-state index contributed by atoms with van der Waals surface area (Å²) in [5.41, 5.74) is 3.42. The summed E-state index contributed by atoms with van der Waals surface area (Å²) < 4.78 is 1.73. The topological polar surface area (TPSA) is 44.7 Å². The van der Waals surface area contributed by atoms with Crippen LogP contribution in [0.2, 0.25) is 0 Å². The van der Waals surface area contributed by atoms with Crippen LogP contribution in [-0.2, 0) is 6.54 Å². The fourth-order valence-corrected chi connectivity index (χ4v) is 2.42. The smallest absolute Gasteiger partial charge is 0.227 e. The minimum atomic E-state index is 0. The minimum absolute atomic E-state index is 0. The summed E-state index contributed by atoms with van der Waals surface area (Å²) in [5, 5.41) is 8.90. The number of pyridine rings is 1. The second-order valence-electron chi connectivity index (χ2n) is 5.24. The summed E-state index contributed by atoms with van der Waals surface area (Å²) >= 11 is 0. The number of aromatic nitrogens is 1. The van der Waals surface area contributed by atoms with Crippen LogP contribution < -0.4 is 21.5 Å². The van der Waals surface area contributed by atoms with E-state index < -0.39 is 0 Å². The van der Waals surface area contributed by atoms with Gasteiger partial charge in [0.1, 0.15) is 11.6 Å². The summed E-state index contributed by atoms with van der Waals surface area (Å²) in [5.74, 6) is 0.0182. The summed E-state index contributed by atoms with van der Waals surface area (Å²) in [6, 6.07) is 23.2. The Hall–Kier alpha value is -2.77. The van der Waals surface area contributed by atoms with Crippen molar-refractivity contribution in [2.24, 2.45) is 0 Å². The first-order valence-electron chi connectivity index (χ1n) is 7.34. The van der Waals surface area contributed by atoms with E-state index in [1.807, 2.05) is 54.6 Å². The number of hydrogen-bond acceptors (Lipinski definition) is 2. The molecular formula is C20H15BrN2O. The predicted molar refractivity (Wildman–Crippen MR) is 87.6 cm³/mol. The van der Waals surface area contributed by atoms with Gasteiger partial charge in [0, 0.05) is 11.6 Å². The number of ketones is 1. The number of carbonyl (C=O) groups is 1. The number of Topliss-reactive ketones (excluding diaryl/α,β-unsaturated/α-hetero) is 1. The first-order chi connectivity index (χ1) is 11.3. The Kier molecular flexibility index (Phi) is 6.00. The Morgan fingerprint density at radius 3 is 2.25 bits per heavy atom. The van der Waals surface area contributed by atoms with Gasteiger partial charge in [0.05, 0.1) is 0 Å². The van der Waals surface area contributed by atoms with Crippen LogP contribution in [0.3, 0.4) is 0 Å². The molecule has 1 heterocycles. The zero-order valence-electron chi connectivity index (χ0n) is 12.9. The van der Waals surface area contributed by atoms with Crippen molar-refractivity contribution in [1.82, 2.24) is 0 Å². The van der Waals surface area contributed by atoms with Gasteiger partial charge in [-0.3, -0.25) is 4.79 Å². The first kappa shape index (κ1) is 17.6. The molecule has 0 aliphatic heterocycles. The molecule has 3 nitrogen and oxygen atoms in total. The fourth-order valence-electron chi connectivity index (χ4n) is 2.42. The summed E-state index contributed by atoms with van der Waals surface area (Å²) in [6.45, 7) is 0.222. The number of carbonyl (C=O) groups excluding carboxylic acids is 1. The first-order valence-corrected chi connectivity index (χ1v) is 7.34. The van der Waals surface area contributed by atoms with Gasteiger partial charge in [-0.25, -0.2) is 0 Å². The van der Waals surface area contributed by atoms with Crippen LogP contribution in [-0.4, -0.2) is 5.78 Å². The molecule has 0 amide bonds. The minimum Gasteiger partial charge on any atom is -1.00 e. The lowest BCUT2D eigenvalue weighted by atomic mass is 10.0. The molecule has 0 fully saturated rings. The monoisotopic (exact) mass is 378 g/mol. The molecule has 0 unspecified atom stereocenters. The van der Waals surface area contributed by atoms with Crippen molar-refractivity contribution in [3.05, 3.63) is 90.3 Å². The third-order valence-electron chi connectivity index (χ3n) is 3.63. The number of rotatable bonds is 4. The molecular weight excluding hydrogens is 364 g/mol. The highest BCUT2D eigenvalue weighted by molar-refractivity contribution is 5.95. The molecule has 4 heteroatoms.